The summed E-state index contributed by atoms with van der Waals surface area (Å²) in [5.74, 6) is 0. The number of hydrogen-bond donors (Lipinski definition) is 0. The molecule has 0 aliphatic carbocycles. The Kier molecular flexibility index (Phi) is 6.24. The van der Waals surface area contributed by atoms with E-state index in [0.717, 1.165) is 19.8 Å². The van der Waals surface area contributed by atoms with E-state index in [-0.39, 0.29) is 0 Å². The Hall–Kier alpha value is -3.52. The maximum Gasteiger partial charge on any atom is 0.0909 e. The van der Waals surface area contributed by atoms with E-state index in [1.54, 1.807) is 0 Å². The molecule has 2 heteroatoms. The second kappa shape index (κ2) is 9.61. The second-order valence-electron chi connectivity index (χ2n) is 7.18. The van der Waals surface area contributed by atoms with E-state index in [0.29, 0.717) is 0 Å². The molecule has 0 saturated heterocycles. The normalized spacial score (nSPS) is 10.5. The summed E-state index contributed by atoms with van der Waals surface area (Å²) in [4.78, 5) is 4.87. The predicted octanol–water partition coefficient (Wildman–Crippen LogP) is 6.36. The molecule has 144 valence electrons. The van der Waals surface area contributed by atoms with Gasteiger partial charge in [0, 0.05) is 24.5 Å². The van der Waals surface area contributed by atoms with Gasteiger partial charge in [-0.05, 0) is 35.4 Å². The lowest BCUT2D eigenvalue weighted by atomic mass is 10.2. The Morgan fingerprint density at radius 2 is 0.690 bits per heavy atom. The predicted molar refractivity (Wildman–Crippen MR) is 123 cm³/mol. The summed E-state index contributed by atoms with van der Waals surface area (Å²) in [6.45, 7) is 2.53. The topological polar surface area (TPSA) is 6.48 Å². The van der Waals surface area contributed by atoms with Crippen molar-refractivity contribution in [2.24, 2.45) is 0 Å². The lowest BCUT2D eigenvalue weighted by Crippen LogP contribution is -2.37. The molecule has 0 heterocycles. The van der Waals surface area contributed by atoms with E-state index < -0.39 is 0 Å². The molecule has 0 amide bonds. The molecule has 0 aliphatic heterocycles. The van der Waals surface area contributed by atoms with E-state index in [9.17, 15) is 0 Å². The average Bonchev–Trinajstić information content (AvgIpc) is 2.81. The number of nitrogens with zero attached hydrogens (tertiary/aromatic N) is 2. The first-order chi connectivity index (χ1) is 14.4. The molecule has 0 fully saturated rings. The SMILES string of the molecule is c1ccc(CN(CN(Cc2ccccc2)c2ccccc2)c2ccccc2)cc1. The highest BCUT2D eigenvalue weighted by Crippen LogP contribution is 2.22. The van der Waals surface area contributed by atoms with Crippen molar-refractivity contribution in [1.82, 2.24) is 0 Å². The Morgan fingerprint density at radius 3 is 1.03 bits per heavy atom. The first-order valence-corrected chi connectivity index (χ1v) is 10.1. The molecule has 2 nitrogen and oxygen atoms in total. The number of para-hydroxylation sites is 2. The van der Waals surface area contributed by atoms with E-state index in [4.69, 9.17) is 0 Å². The largest absolute Gasteiger partial charge is 0.349 e. The Balaban J connectivity index is 1.64. The molecule has 4 rings (SSSR count). The molecule has 0 atom stereocenters. The molecule has 0 saturated carbocycles. The van der Waals surface area contributed by atoms with Crippen LogP contribution in [0, 0.1) is 0 Å². The van der Waals surface area contributed by atoms with Gasteiger partial charge in [0.15, 0.2) is 0 Å². The van der Waals surface area contributed by atoms with Crippen molar-refractivity contribution < 1.29 is 0 Å². The van der Waals surface area contributed by atoms with Crippen LogP contribution in [0.4, 0.5) is 11.4 Å². The highest BCUT2D eigenvalue weighted by Gasteiger charge is 2.14. The minimum Gasteiger partial charge on any atom is -0.349 e. The van der Waals surface area contributed by atoms with Gasteiger partial charge in [0.1, 0.15) is 0 Å². The van der Waals surface area contributed by atoms with Crippen molar-refractivity contribution in [3.8, 4) is 0 Å². The van der Waals surface area contributed by atoms with Crippen LogP contribution in [0.2, 0.25) is 0 Å². The molecule has 0 unspecified atom stereocenters. The molecular weight excluding hydrogens is 352 g/mol. The zero-order chi connectivity index (χ0) is 19.7. The average molecular weight is 379 g/mol. The van der Waals surface area contributed by atoms with Crippen LogP contribution in [-0.2, 0) is 13.1 Å². The van der Waals surface area contributed by atoms with Gasteiger partial charge in [0.2, 0.25) is 0 Å². The first kappa shape index (κ1) is 18.8. The second-order valence-corrected chi connectivity index (χ2v) is 7.18. The van der Waals surface area contributed by atoms with Crippen molar-refractivity contribution in [3.63, 3.8) is 0 Å². The summed E-state index contributed by atoms with van der Waals surface area (Å²) in [6, 6.07) is 42.7. The van der Waals surface area contributed by atoms with Crippen molar-refractivity contribution in [2.45, 2.75) is 13.1 Å². The summed E-state index contributed by atoms with van der Waals surface area (Å²) in [6.07, 6.45) is 0. The summed E-state index contributed by atoms with van der Waals surface area (Å²) in [7, 11) is 0. The fraction of sp³-hybridized carbons (Fsp3) is 0.111. The molecule has 0 spiro atoms. The number of benzene rings is 4. The molecular formula is C27H26N2. The number of hydrogen-bond acceptors (Lipinski definition) is 2. The summed E-state index contributed by atoms with van der Waals surface area (Å²) in [5, 5.41) is 0. The van der Waals surface area contributed by atoms with Crippen LogP contribution in [0.15, 0.2) is 121 Å². The molecule has 0 radical (unpaired) electrons. The van der Waals surface area contributed by atoms with Gasteiger partial charge in [-0.2, -0.15) is 0 Å². The maximum atomic E-state index is 2.44. The van der Waals surface area contributed by atoms with Gasteiger partial charge in [0.25, 0.3) is 0 Å². The van der Waals surface area contributed by atoms with Gasteiger partial charge < -0.3 is 9.80 Å². The summed E-state index contributed by atoms with van der Waals surface area (Å²) in [5.41, 5.74) is 5.07. The van der Waals surface area contributed by atoms with Gasteiger partial charge in [-0.15, -0.1) is 0 Å². The lowest BCUT2D eigenvalue weighted by molar-refractivity contribution is 0.719. The smallest absolute Gasteiger partial charge is 0.0909 e. The Labute approximate surface area is 173 Å². The van der Waals surface area contributed by atoms with Gasteiger partial charge in [-0.3, -0.25) is 0 Å². The molecule has 0 N–H and O–H groups in total. The fourth-order valence-electron chi connectivity index (χ4n) is 3.54. The molecule has 0 bridgehead atoms. The van der Waals surface area contributed by atoms with Crippen LogP contribution in [0.5, 0.6) is 0 Å². The van der Waals surface area contributed by atoms with Crippen molar-refractivity contribution in [2.75, 3.05) is 16.5 Å². The molecule has 29 heavy (non-hydrogen) atoms. The van der Waals surface area contributed by atoms with Crippen LogP contribution in [0.3, 0.4) is 0 Å². The van der Waals surface area contributed by atoms with E-state index in [2.05, 4.69) is 131 Å². The molecule has 0 aliphatic rings. The monoisotopic (exact) mass is 378 g/mol. The van der Waals surface area contributed by atoms with Crippen LogP contribution in [0.25, 0.3) is 0 Å². The number of rotatable bonds is 8. The third-order valence-electron chi connectivity index (χ3n) is 5.02. The van der Waals surface area contributed by atoms with Crippen molar-refractivity contribution in [1.29, 1.82) is 0 Å². The first-order valence-electron chi connectivity index (χ1n) is 10.1. The summed E-state index contributed by atoms with van der Waals surface area (Å²) >= 11 is 0. The lowest BCUT2D eigenvalue weighted by Gasteiger charge is -2.34. The minimum atomic E-state index is 0.803. The quantitative estimate of drug-likeness (QED) is 0.329. The van der Waals surface area contributed by atoms with Gasteiger partial charge in [0.05, 0.1) is 6.67 Å². The van der Waals surface area contributed by atoms with Gasteiger partial charge >= 0.3 is 0 Å². The highest BCUT2D eigenvalue weighted by atomic mass is 15.3. The zero-order valence-electron chi connectivity index (χ0n) is 16.6. The maximum absolute atomic E-state index is 2.44. The standard InChI is InChI=1S/C27H26N2/c1-5-13-24(14-6-1)21-28(26-17-9-3-10-18-26)23-29(27-19-11-4-12-20-27)22-25-15-7-2-8-16-25/h1-20H,21-23H2. The summed E-state index contributed by atoms with van der Waals surface area (Å²) < 4.78 is 0. The molecule has 4 aromatic rings. The van der Waals surface area contributed by atoms with Gasteiger partial charge in [-0.25, -0.2) is 0 Å². The van der Waals surface area contributed by atoms with Crippen molar-refractivity contribution in [3.05, 3.63) is 132 Å². The van der Waals surface area contributed by atoms with Crippen LogP contribution in [-0.4, -0.2) is 6.67 Å². The van der Waals surface area contributed by atoms with E-state index in [1.165, 1.54) is 22.5 Å². The van der Waals surface area contributed by atoms with Crippen LogP contribution < -0.4 is 9.80 Å². The fourth-order valence-corrected chi connectivity index (χ4v) is 3.54. The van der Waals surface area contributed by atoms with Crippen molar-refractivity contribution >= 4 is 11.4 Å². The molecule has 4 aromatic carbocycles. The Bertz CT molecular complexity index is 887. The van der Waals surface area contributed by atoms with E-state index >= 15 is 0 Å². The van der Waals surface area contributed by atoms with Gasteiger partial charge in [-0.1, -0.05) is 97.1 Å². The zero-order valence-corrected chi connectivity index (χ0v) is 16.6. The van der Waals surface area contributed by atoms with E-state index in [1.807, 2.05) is 0 Å². The minimum absolute atomic E-state index is 0.803. The third kappa shape index (κ3) is 5.26. The Morgan fingerprint density at radius 1 is 0.379 bits per heavy atom. The van der Waals surface area contributed by atoms with Crippen LogP contribution in [0.1, 0.15) is 11.1 Å². The highest BCUT2D eigenvalue weighted by molar-refractivity contribution is 5.52. The third-order valence-corrected chi connectivity index (χ3v) is 5.02. The molecule has 0 aromatic heterocycles. The van der Waals surface area contributed by atoms with Crippen LogP contribution >= 0.6 is 0 Å². The number of anilines is 2.